The van der Waals surface area contributed by atoms with E-state index in [9.17, 15) is 0 Å². The van der Waals surface area contributed by atoms with Crippen LogP contribution in [0.3, 0.4) is 0 Å². The highest BCUT2D eigenvalue weighted by Gasteiger charge is 2.19. The number of nitrogens with two attached hydrogens (primary N) is 1. The minimum absolute atomic E-state index is 0.856. The number of aromatic nitrogens is 1. The van der Waals surface area contributed by atoms with E-state index < -0.39 is 0 Å². The highest BCUT2D eigenvalue weighted by atomic mass is 32.1. The molecule has 0 unspecified atom stereocenters. The summed E-state index contributed by atoms with van der Waals surface area (Å²) < 4.78 is 0. The number of benzene rings is 1. The Bertz CT molecular complexity index is 493. The summed E-state index contributed by atoms with van der Waals surface area (Å²) in [5, 5.41) is 3.19. The zero-order valence-electron chi connectivity index (χ0n) is 8.89. The lowest BCUT2D eigenvalue weighted by Gasteiger charge is -2.17. The summed E-state index contributed by atoms with van der Waals surface area (Å²) >= 11 is 1.71. The molecule has 0 amide bonds. The number of hydrogen-bond acceptors (Lipinski definition) is 4. The monoisotopic (exact) mass is 231 g/mol. The van der Waals surface area contributed by atoms with Crippen LogP contribution >= 0.6 is 11.3 Å². The fraction of sp³-hybridized carbons (Fsp3) is 0.250. The van der Waals surface area contributed by atoms with Crippen molar-refractivity contribution in [3.05, 3.63) is 40.3 Å². The van der Waals surface area contributed by atoms with Gasteiger partial charge in [0, 0.05) is 29.5 Å². The molecule has 0 fully saturated rings. The molecule has 16 heavy (non-hydrogen) atoms. The van der Waals surface area contributed by atoms with Gasteiger partial charge in [-0.1, -0.05) is 0 Å². The first-order chi connectivity index (χ1) is 7.83. The summed E-state index contributed by atoms with van der Waals surface area (Å²) in [6, 6.07) is 6.17. The molecule has 1 aliphatic heterocycles. The molecule has 2 N–H and O–H groups in total. The number of nitrogens with zero attached hydrogens (tertiary/aromatic N) is 2. The molecular formula is C12H13N3S. The van der Waals surface area contributed by atoms with Crippen molar-refractivity contribution >= 4 is 22.7 Å². The summed E-state index contributed by atoms with van der Waals surface area (Å²) in [5.41, 5.74) is 9.31. The molecule has 1 aromatic carbocycles. The van der Waals surface area contributed by atoms with E-state index in [1.54, 1.807) is 11.3 Å². The number of anilines is 2. The van der Waals surface area contributed by atoms with Gasteiger partial charge in [0.05, 0.1) is 6.54 Å². The van der Waals surface area contributed by atoms with Gasteiger partial charge in [-0.05, 0) is 30.2 Å². The van der Waals surface area contributed by atoms with Crippen molar-refractivity contribution in [2.75, 3.05) is 17.2 Å². The maximum Gasteiger partial charge on any atom is 0.112 e. The van der Waals surface area contributed by atoms with E-state index in [0.29, 0.717) is 0 Å². The first kappa shape index (κ1) is 9.66. The lowest BCUT2D eigenvalue weighted by Crippen LogP contribution is -2.19. The Morgan fingerprint density at radius 2 is 2.38 bits per heavy atom. The highest BCUT2D eigenvalue weighted by molar-refractivity contribution is 7.09. The number of rotatable bonds is 2. The van der Waals surface area contributed by atoms with Crippen molar-refractivity contribution in [2.45, 2.75) is 13.0 Å². The van der Waals surface area contributed by atoms with Gasteiger partial charge >= 0.3 is 0 Å². The van der Waals surface area contributed by atoms with Crippen LogP contribution in [0, 0.1) is 0 Å². The highest BCUT2D eigenvalue weighted by Crippen LogP contribution is 2.30. The van der Waals surface area contributed by atoms with E-state index in [2.05, 4.69) is 22.0 Å². The molecule has 3 rings (SSSR count). The van der Waals surface area contributed by atoms with Crippen molar-refractivity contribution < 1.29 is 0 Å². The predicted octanol–water partition coefficient (Wildman–Crippen LogP) is 2.29. The first-order valence-corrected chi connectivity index (χ1v) is 6.22. The largest absolute Gasteiger partial charge is 0.399 e. The Kier molecular flexibility index (Phi) is 2.29. The van der Waals surface area contributed by atoms with Crippen molar-refractivity contribution in [3.63, 3.8) is 0 Å². The van der Waals surface area contributed by atoms with Crippen LogP contribution in [-0.2, 0) is 13.0 Å². The van der Waals surface area contributed by atoms with Crippen LogP contribution in [0.4, 0.5) is 11.4 Å². The van der Waals surface area contributed by atoms with Crippen LogP contribution in [0.1, 0.15) is 10.6 Å². The third-order valence-corrected chi connectivity index (χ3v) is 3.67. The summed E-state index contributed by atoms with van der Waals surface area (Å²) in [6.45, 7) is 1.98. The van der Waals surface area contributed by atoms with Gasteiger partial charge in [-0.25, -0.2) is 4.98 Å². The van der Waals surface area contributed by atoms with Crippen LogP contribution in [-0.4, -0.2) is 11.5 Å². The number of hydrogen-bond donors (Lipinski definition) is 1. The summed E-state index contributed by atoms with van der Waals surface area (Å²) in [4.78, 5) is 6.69. The Labute approximate surface area is 98.5 Å². The second-order valence-corrected chi connectivity index (χ2v) is 4.96. The molecule has 3 nitrogen and oxygen atoms in total. The molecule has 2 heterocycles. The van der Waals surface area contributed by atoms with Gasteiger partial charge < -0.3 is 10.6 Å². The van der Waals surface area contributed by atoms with Gasteiger partial charge in [0.25, 0.3) is 0 Å². The van der Waals surface area contributed by atoms with Gasteiger partial charge in [0.15, 0.2) is 0 Å². The van der Waals surface area contributed by atoms with Crippen molar-refractivity contribution in [1.29, 1.82) is 0 Å². The average molecular weight is 231 g/mol. The maximum atomic E-state index is 5.78. The molecule has 0 aliphatic carbocycles. The minimum Gasteiger partial charge on any atom is -0.399 e. The van der Waals surface area contributed by atoms with Gasteiger partial charge in [-0.15, -0.1) is 11.3 Å². The van der Waals surface area contributed by atoms with E-state index in [-0.39, 0.29) is 0 Å². The van der Waals surface area contributed by atoms with Gasteiger partial charge in [0.2, 0.25) is 0 Å². The molecule has 0 spiro atoms. The van der Waals surface area contributed by atoms with Gasteiger partial charge in [-0.2, -0.15) is 0 Å². The normalized spacial score (nSPS) is 14.1. The first-order valence-electron chi connectivity index (χ1n) is 5.34. The molecule has 0 saturated carbocycles. The summed E-state index contributed by atoms with van der Waals surface area (Å²) in [7, 11) is 0. The molecule has 0 saturated heterocycles. The van der Waals surface area contributed by atoms with Crippen molar-refractivity contribution in [3.8, 4) is 0 Å². The lowest BCUT2D eigenvalue weighted by molar-refractivity contribution is 0.830. The number of nitrogen functional groups attached to an aromatic ring is 1. The quantitative estimate of drug-likeness (QED) is 0.806. The average Bonchev–Trinajstić information content (AvgIpc) is 2.89. The zero-order valence-corrected chi connectivity index (χ0v) is 9.70. The third-order valence-electron chi connectivity index (χ3n) is 2.90. The van der Waals surface area contributed by atoms with Gasteiger partial charge in [-0.3, -0.25) is 0 Å². The van der Waals surface area contributed by atoms with Gasteiger partial charge in [0.1, 0.15) is 5.01 Å². The molecule has 0 radical (unpaired) electrons. The smallest absolute Gasteiger partial charge is 0.112 e. The van der Waals surface area contributed by atoms with Crippen LogP contribution in [0.5, 0.6) is 0 Å². The molecular weight excluding hydrogens is 218 g/mol. The predicted molar refractivity (Wildman–Crippen MR) is 67.7 cm³/mol. The van der Waals surface area contributed by atoms with Crippen LogP contribution in [0.25, 0.3) is 0 Å². The molecule has 82 valence electrons. The second kappa shape index (κ2) is 3.79. The standard InChI is InChI=1S/C12H13N3S/c13-10-1-2-11-9(7-10)3-5-15(11)8-12-14-4-6-16-12/h1-2,4,6-7H,3,5,8,13H2. The van der Waals surface area contributed by atoms with Crippen molar-refractivity contribution in [2.24, 2.45) is 0 Å². The summed E-state index contributed by atoms with van der Waals surface area (Å²) in [6.07, 6.45) is 2.95. The molecule has 0 atom stereocenters. The summed E-state index contributed by atoms with van der Waals surface area (Å²) in [5.74, 6) is 0. The molecule has 2 aromatic rings. The van der Waals surface area contributed by atoms with Crippen LogP contribution < -0.4 is 10.6 Å². The number of fused-ring (bicyclic) bond motifs is 1. The third kappa shape index (κ3) is 1.65. The van der Waals surface area contributed by atoms with Crippen LogP contribution in [0.15, 0.2) is 29.8 Å². The van der Waals surface area contributed by atoms with E-state index in [0.717, 1.165) is 25.2 Å². The Morgan fingerprint density at radius 1 is 1.44 bits per heavy atom. The Hall–Kier alpha value is -1.55. The Balaban J connectivity index is 1.86. The van der Waals surface area contributed by atoms with E-state index in [4.69, 9.17) is 5.73 Å². The SMILES string of the molecule is Nc1ccc2c(c1)CCN2Cc1nccs1. The van der Waals surface area contributed by atoms with E-state index in [1.165, 1.54) is 16.3 Å². The molecule has 1 aliphatic rings. The topological polar surface area (TPSA) is 42.1 Å². The van der Waals surface area contributed by atoms with Crippen molar-refractivity contribution in [1.82, 2.24) is 4.98 Å². The fourth-order valence-electron chi connectivity index (χ4n) is 2.15. The minimum atomic E-state index is 0.856. The lowest BCUT2D eigenvalue weighted by atomic mass is 10.1. The molecule has 4 heteroatoms. The van der Waals surface area contributed by atoms with E-state index in [1.807, 2.05) is 17.6 Å². The van der Waals surface area contributed by atoms with E-state index >= 15 is 0 Å². The second-order valence-electron chi connectivity index (χ2n) is 3.99. The zero-order chi connectivity index (χ0) is 11.0. The molecule has 1 aromatic heterocycles. The number of thiazole rings is 1. The fourth-order valence-corrected chi connectivity index (χ4v) is 2.78. The maximum absolute atomic E-state index is 5.78. The molecule has 0 bridgehead atoms. The Morgan fingerprint density at radius 3 is 3.19 bits per heavy atom. The van der Waals surface area contributed by atoms with Crippen LogP contribution in [0.2, 0.25) is 0 Å².